The highest BCUT2D eigenvalue weighted by Gasteiger charge is 2.20. The van der Waals surface area contributed by atoms with Crippen LogP contribution in [0.5, 0.6) is 17.2 Å². The molecule has 0 bridgehead atoms. The number of fused-ring (bicyclic) bond motifs is 1. The van der Waals surface area contributed by atoms with Crippen LogP contribution >= 0.6 is 12.2 Å². The van der Waals surface area contributed by atoms with Gasteiger partial charge in [0.1, 0.15) is 21.9 Å². The van der Waals surface area contributed by atoms with Crippen molar-refractivity contribution in [2.24, 2.45) is 0 Å². The van der Waals surface area contributed by atoms with E-state index in [-0.39, 0.29) is 17.4 Å². The first kappa shape index (κ1) is 19.1. The number of aromatic hydroxyl groups is 2. The average Bonchev–Trinajstić information content (AvgIpc) is 3.07. The summed E-state index contributed by atoms with van der Waals surface area (Å²) in [7, 11) is 1.65. The fraction of sp³-hybridized carbons (Fsp3) is 0.174. The molecular formula is C23H22N2O3S. The number of benzene rings is 3. The van der Waals surface area contributed by atoms with E-state index in [1.807, 2.05) is 50.2 Å². The van der Waals surface area contributed by atoms with E-state index in [9.17, 15) is 10.2 Å². The van der Waals surface area contributed by atoms with Gasteiger partial charge in [0.2, 0.25) is 0 Å². The monoisotopic (exact) mass is 406 g/mol. The van der Waals surface area contributed by atoms with E-state index in [2.05, 4.69) is 10.2 Å². The Morgan fingerprint density at radius 2 is 1.62 bits per heavy atom. The van der Waals surface area contributed by atoms with Crippen molar-refractivity contribution in [3.63, 3.8) is 0 Å². The minimum atomic E-state index is -0.0174. The molecule has 0 spiro atoms. The number of ether oxygens (including phenoxy) is 1. The molecule has 0 aliphatic carbocycles. The van der Waals surface area contributed by atoms with Gasteiger partial charge < -0.3 is 14.9 Å². The number of aromatic nitrogens is 2. The molecule has 1 aromatic heterocycles. The maximum Gasteiger partial charge on any atom is 0.128 e. The minimum Gasteiger partial charge on any atom is -0.508 e. The van der Waals surface area contributed by atoms with Crippen LogP contribution in [0.4, 0.5) is 0 Å². The lowest BCUT2D eigenvalue weighted by Crippen LogP contribution is -1.92. The second-order valence-corrected chi connectivity index (χ2v) is 7.68. The summed E-state index contributed by atoms with van der Waals surface area (Å²) in [6.45, 7) is 3.99. The molecule has 4 rings (SSSR count). The zero-order valence-corrected chi connectivity index (χ0v) is 17.2. The Kier molecular flexibility index (Phi) is 4.80. The number of hydrogen-bond acceptors (Lipinski definition) is 4. The van der Waals surface area contributed by atoms with Gasteiger partial charge in [-0.05, 0) is 34.6 Å². The van der Waals surface area contributed by atoms with E-state index >= 15 is 0 Å². The molecule has 0 radical (unpaired) electrons. The summed E-state index contributed by atoms with van der Waals surface area (Å²) >= 11 is 5.58. The molecule has 0 amide bonds. The topological polar surface area (TPSA) is 81.3 Å². The quantitative estimate of drug-likeness (QED) is 0.309. The van der Waals surface area contributed by atoms with Crippen LogP contribution in [-0.2, 0) is 0 Å². The van der Waals surface area contributed by atoms with E-state index in [4.69, 9.17) is 17.0 Å². The SMILES string of the molecule is COc1cccc2c(-c3c(-c4cc(C(C)C)c(O)cc4O)[nH][nH]c3=S)cccc12. The normalized spacial score (nSPS) is 11.3. The van der Waals surface area contributed by atoms with Crippen LogP contribution in [0, 0.1) is 4.64 Å². The van der Waals surface area contributed by atoms with Gasteiger partial charge in [0.15, 0.2) is 0 Å². The van der Waals surface area contributed by atoms with Crippen molar-refractivity contribution in [3.05, 3.63) is 58.7 Å². The van der Waals surface area contributed by atoms with Gasteiger partial charge in [0.05, 0.1) is 12.8 Å². The molecule has 5 nitrogen and oxygen atoms in total. The minimum absolute atomic E-state index is 0.0174. The number of H-pyrrole nitrogens is 2. The van der Waals surface area contributed by atoms with E-state index in [0.29, 0.717) is 15.9 Å². The maximum absolute atomic E-state index is 10.6. The molecule has 0 aliphatic rings. The molecule has 3 aromatic carbocycles. The lowest BCUT2D eigenvalue weighted by Gasteiger charge is -2.14. The molecular weight excluding hydrogens is 384 g/mol. The third-order valence-electron chi connectivity index (χ3n) is 5.19. The van der Waals surface area contributed by atoms with Crippen LogP contribution < -0.4 is 4.74 Å². The summed E-state index contributed by atoms with van der Waals surface area (Å²) in [6, 6.07) is 15.0. The summed E-state index contributed by atoms with van der Waals surface area (Å²) in [5.74, 6) is 0.940. The van der Waals surface area contributed by atoms with Crippen molar-refractivity contribution in [1.29, 1.82) is 0 Å². The summed E-state index contributed by atoms with van der Waals surface area (Å²) in [5, 5.41) is 28.9. The third-order valence-corrected chi connectivity index (χ3v) is 5.49. The summed E-state index contributed by atoms with van der Waals surface area (Å²) in [6.07, 6.45) is 0. The van der Waals surface area contributed by atoms with Crippen molar-refractivity contribution in [3.8, 4) is 39.6 Å². The number of rotatable bonds is 4. The predicted molar refractivity (Wildman–Crippen MR) is 118 cm³/mol. The van der Waals surface area contributed by atoms with E-state index < -0.39 is 0 Å². The molecule has 0 saturated carbocycles. The van der Waals surface area contributed by atoms with Gasteiger partial charge in [-0.3, -0.25) is 10.2 Å². The van der Waals surface area contributed by atoms with Gasteiger partial charge in [0, 0.05) is 22.6 Å². The van der Waals surface area contributed by atoms with Gasteiger partial charge in [-0.15, -0.1) is 0 Å². The average molecular weight is 407 g/mol. The van der Waals surface area contributed by atoms with Crippen LogP contribution in [0.2, 0.25) is 0 Å². The van der Waals surface area contributed by atoms with E-state index in [1.54, 1.807) is 13.2 Å². The summed E-state index contributed by atoms with van der Waals surface area (Å²) in [4.78, 5) is 0. The van der Waals surface area contributed by atoms with Crippen LogP contribution in [0.15, 0.2) is 48.5 Å². The molecule has 0 aliphatic heterocycles. The first-order valence-corrected chi connectivity index (χ1v) is 9.76. The maximum atomic E-state index is 10.6. The van der Waals surface area contributed by atoms with Gasteiger partial charge >= 0.3 is 0 Å². The first-order chi connectivity index (χ1) is 13.9. The van der Waals surface area contributed by atoms with Crippen molar-refractivity contribution in [2.75, 3.05) is 7.11 Å². The number of phenols is 2. The number of nitrogens with one attached hydrogen (secondary N) is 2. The standard InChI is InChI=1S/C23H22N2O3S/c1-12(2)16-10-17(19(27)11-18(16)26)22-21(23(29)25-24-22)15-8-4-7-14-13(15)6-5-9-20(14)28-3/h4-12,26-27H,1-3H3,(H2,24,25,29). The molecule has 0 saturated heterocycles. The molecule has 148 valence electrons. The second kappa shape index (κ2) is 7.29. The van der Waals surface area contributed by atoms with Crippen molar-refractivity contribution >= 4 is 23.0 Å². The lowest BCUT2D eigenvalue weighted by atomic mass is 9.93. The Morgan fingerprint density at radius 1 is 0.897 bits per heavy atom. The third kappa shape index (κ3) is 3.15. The molecule has 4 aromatic rings. The molecule has 29 heavy (non-hydrogen) atoms. The zero-order chi connectivity index (χ0) is 20.7. The molecule has 6 heteroatoms. The molecule has 0 atom stereocenters. The predicted octanol–water partition coefficient (Wildman–Crippen LogP) is 6.10. The molecule has 0 unspecified atom stereocenters. The zero-order valence-electron chi connectivity index (χ0n) is 16.4. The van der Waals surface area contributed by atoms with Gasteiger partial charge in [0.25, 0.3) is 0 Å². The Hall–Kier alpha value is -3.25. The second-order valence-electron chi connectivity index (χ2n) is 7.27. The number of aromatic amines is 2. The Morgan fingerprint density at radius 3 is 2.34 bits per heavy atom. The number of methoxy groups -OCH3 is 1. The summed E-state index contributed by atoms with van der Waals surface area (Å²) < 4.78 is 6.05. The molecule has 0 fully saturated rings. The van der Waals surface area contributed by atoms with Crippen LogP contribution in [0.1, 0.15) is 25.3 Å². The Balaban J connectivity index is 2.02. The lowest BCUT2D eigenvalue weighted by molar-refractivity contribution is 0.420. The van der Waals surface area contributed by atoms with Gasteiger partial charge in [-0.2, -0.15) is 0 Å². The van der Waals surface area contributed by atoms with Crippen LogP contribution in [0.25, 0.3) is 33.2 Å². The Bertz CT molecular complexity index is 1270. The smallest absolute Gasteiger partial charge is 0.128 e. The van der Waals surface area contributed by atoms with E-state index in [1.165, 1.54) is 6.07 Å². The highest BCUT2D eigenvalue weighted by atomic mass is 32.1. The molecule has 1 heterocycles. The van der Waals surface area contributed by atoms with Gasteiger partial charge in [-0.1, -0.05) is 56.4 Å². The number of phenolic OH excluding ortho intramolecular Hbond substituents is 2. The van der Waals surface area contributed by atoms with Crippen LogP contribution in [0.3, 0.4) is 0 Å². The van der Waals surface area contributed by atoms with Crippen LogP contribution in [-0.4, -0.2) is 27.5 Å². The largest absolute Gasteiger partial charge is 0.508 e. The number of hydrogen-bond donors (Lipinski definition) is 4. The first-order valence-electron chi connectivity index (χ1n) is 9.35. The highest BCUT2D eigenvalue weighted by molar-refractivity contribution is 7.71. The summed E-state index contributed by atoms with van der Waals surface area (Å²) in [5.41, 5.74) is 3.72. The molecule has 4 N–H and O–H groups in total. The van der Waals surface area contributed by atoms with Crippen molar-refractivity contribution in [2.45, 2.75) is 19.8 Å². The van der Waals surface area contributed by atoms with Crippen molar-refractivity contribution < 1.29 is 14.9 Å². The van der Waals surface area contributed by atoms with Crippen molar-refractivity contribution in [1.82, 2.24) is 10.2 Å². The van der Waals surface area contributed by atoms with E-state index in [0.717, 1.165) is 33.2 Å². The fourth-order valence-electron chi connectivity index (χ4n) is 3.75. The van der Waals surface area contributed by atoms with Gasteiger partial charge in [-0.25, -0.2) is 0 Å². The highest BCUT2D eigenvalue weighted by Crippen LogP contribution is 2.43. The Labute approximate surface area is 173 Å². The fourth-order valence-corrected chi connectivity index (χ4v) is 4.01.